The van der Waals surface area contributed by atoms with E-state index in [0.717, 1.165) is 0 Å². The van der Waals surface area contributed by atoms with Gasteiger partial charge >= 0.3 is 0 Å². The lowest BCUT2D eigenvalue weighted by Crippen LogP contribution is -2.11. The molecule has 22 heavy (non-hydrogen) atoms. The van der Waals surface area contributed by atoms with Gasteiger partial charge in [0.2, 0.25) is 0 Å². The molecule has 110 valence electrons. The van der Waals surface area contributed by atoms with Gasteiger partial charge in [-0.05, 0) is 84.0 Å². The zero-order chi connectivity index (χ0) is 15.5. The highest BCUT2D eigenvalue weighted by atomic mass is 127. The van der Waals surface area contributed by atoms with Crippen LogP contribution in [-0.2, 0) is 0 Å². The molecule has 0 fully saturated rings. The van der Waals surface area contributed by atoms with Gasteiger partial charge in [-0.25, -0.2) is 0 Å². The van der Waals surface area contributed by atoms with E-state index in [4.69, 9.17) is 0 Å². The number of rotatable bonds is 3. The highest BCUT2D eigenvalue weighted by Crippen LogP contribution is 2.37. The Morgan fingerprint density at radius 3 is 2.05 bits per heavy atom. The summed E-state index contributed by atoms with van der Waals surface area (Å²) >= 11 is 2.40. The number of aryl methyl sites for hydroxylation is 2. The molecule has 0 unspecified atom stereocenters. The van der Waals surface area contributed by atoms with E-state index < -0.39 is 0 Å². The molecule has 0 aliphatic carbocycles. The van der Waals surface area contributed by atoms with Crippen LogP contribution in [0.5, 0.6) is 0 Å². The number of nitrogens with zero attached hydrogens (tertiary/aromatic N) is 1. The molecule has 0 aliphatic rings. The summed E-state index contributed by atoms with van der Waals surface area (Å²) in [6.07, 6.45) is 0. The first-order valence-electron chi connectivity index (χ1n) is 7.34. The maximum atomic E-state index is 2.40. The quantitative estimate of drug-likeness (QED) is 0.462. The van der Waals surface area contributed by atoms with Crippen LogP contribution in [0.4, 0.5) is 17.1 Å². The largest absolute Gasteiger partial charge is 0.309 e. The molecular weight excluding hydrogens is 381 g/mol. The van der Waals surface area contributed by atoms with Crippen LogP contribution < -0.4 is 4.90 Å². The minimum absolute atomic E-state index is 1.18. The molecule has 0 bridgehead atoms. The summed E-state index contributed by atoms with van der Waals surface area (Å²) in [7, 11) is 0. The van der Waals surface area contributed by atoms with Crippen molar-refractivity contribution >= 4 is 39.7 Å². The van der Waals surface area contributed by atoms with Crippen molar-refractivity contribution in [3.63, 3.8) is 0 Å². The van der Waals surface area contributed by atoms with Crippen LogP contribution in [0.15, 0.2) is 72.8 Å². The molecule has 0 aliphatic heterocycles. The van der Waals surface area contributed by atoms with E-state index in [1.807, 2.05) is 0 Å². The summed E-state index contributed by atoms with van der Waals surface area (Å²) in [5, 5.41) is 0. The average molecular weight is 399 g/mol. The van der Waals surface area contributed by atoms with Crippen LogP contribution in [0.2, 0.25) is 0 Å². The summed E-state index contributed by atoms with van der Waals surface area (Å²) in [4.78, 5) is 2.31. The van der Waals surface area contributed by atoms with Gasteiger partial charge in [-0.2, -0.15) is 0 Å². The lowest BCUT2D eigenvalue weighted by molar-refractivity contribution is 1.24. The van der Waals surface area contributed by atoms with E-state index in [1.165, 1.54) is 31.8 Å². The Morgan fingerprint density at radius 2 is 1.36 bits per heavy atom. The smallest absolute Gasteiger partial charge is 0.0595 e. The molecule has 0 N–H and O–H groups in total. The molecule has 3 aromatic carbocycles. The maximum absolute atomic E-state index is 2.40. The van der Waals surface area contributed by atoms with Crippen LogP contribution in [0, 0.1) is 17.4 Å². The molecule has 3 rings (SSSR count). The van der Waals surface area contributed by atoms with Crippen molar-refractivity contribution in [3.05, 3.63) is 87.5 Å². The molecule has 0 heterocycles. The Balaban J connectivity index is 2.19. The number of para-hydroxylation sites is 2. The third-order valence-corrected chi connectivity index (χ3v) is 4.77. The monoisotopic (exact) mass is 399 g/mol. The van der Waals surface area contributed by atoms with Gasteiger partial charge in [0.15, 0.2) is 0 Å². The molecule has 0 saturated heterocycles. The van der Waals surface area contributed by atoms with Gasteiger partial charge in [0, 0.05) is 14.9 Å². The van der Waals surface area contributed by atoms with Gasteiger partial charge in [0.25, 0.3) is 0 Å². The second-order valence-electron chi connectivity index (χ2n) is 5.39. The van der Waals surface area contributed by atoms with Crippen LogP contribution >= 0.6 is 22.6 Å². The lowest BCUT2D eigenvalue weighted by atomic mass is 10.1. The second-order valence-corrected chi connectivity index (χ2v) is 6.55. The SMILES string of the molecule is Cc1ccc(N(c2ccccc2)c2ccccc2I)cc1C. The van der Waals surface area contributed by atoms with Gasteiger partial charge < -0.3 is 4.90 Å². The fourth-order valence-electron chi connectivity index (χ4n) is 2.50. The lowest BCUT2D eigenvalue weighted by Gasteiger charge is -2.27. The fraction of sp³-hybridized carbons (Fsp3) is 0.100. The van der Waals surface area contributed by atoms with Crippen molar-refractivity contribution in [2.75, 3.05) is 4.90 Å². The van der Waals surface area contributed by atoms with Gasteiger partial charge in [-0.15, -0.1) is 0 Å². The van der Waals surface area contributed by atoms with Crippen molar-refractivity contribution in [3.8, 4) is 0 Å². The molecule has 0 amide bonds. The second kappa shape index (κ2) is 6.53. The first kappa shape index (κ1) is 15.1. The number of benzene rings is 3. The first-order valence-corrected chi connectivity index (χ1v) is 8.41. The molecule has 2 heteroatoms. The molecular formula is C20H18IN. The Kier molecular flexibility index (Phi) is 4.48. The number of anilines is 3. The number of halogens is 1. The fourth-order valence-corrected chi connectivity index (χ4v) is 3.13. The minimum atomic E-state index is 1.18. The third-order valence-electron chi connectivity index (χ3n) is 3.86. The van der Waals surface area contributed by atoms with Crippen LogP contribution in [0.25, 0.3) is 0 Å². The third kappa shape index (κ3) is 3.02. The molecule has 3 aromatic rings. The molecule has 0 radical (unpaired) electrons. The Bertz CT molecular complexity index is 781. The van der Waals surface area contributed by atoms with Gasteiger partial charge in [0.05, 0.1) is 5.69 Å². The van der Waals surface area contributed by atoms with Crippen molar-refractivity contribution in [2.45, 2.75) is 13.8 Å². The molecule has 1 nitrogen and oxygen atoms in total. The van der Waals surface area contributed by atoms with E-state index in [1.54, 1.807) is 0 Å². The van der Waals surface area contributed by atoms with Gasteiger partial charge in [0.1, 0.15) is 0 Å². The number of hydrogen-bond donors (Lipinski definition) is 0. The van der Waals surface area contributed by atoms with Crippen molar-refractivity contribution < 1.29 is 0 Å². The Hall–Kier alpha value is -1.81. The van der Waals surface area contributed by atoms with Gasteiger partial charge in [-0.3, -0.25) is 0 Å². The first-order chi connectivity index (χ1) is 10.7. The Morgan fingerprint density at radius 1 is 0.682 bits per heavy atom. The summed E-state index contributed by atoms with van der Waals surface area (Å²) < 4.78 is 1.24. The van der Waals surface area contributed by atoms with Crippen molar-refractivity contribution in [1.82, 2.24) is 0 Å². The molecule has 0 aromatic heterocycles. The topological polar surface area (TPSA) is 3.24 Å². The van der Waals surface area contributed by atoms with Crippen LogP contribution in [0.3, 0.4) is 0 Å². The molecule has 0 atom stereocenters. The standard InChI is InChI=1S/C20H18IN/c1-15-12-13-18(14-16(15)2)22(17-8-4-3-5-9-17)20-11-7-6-10-19(20)21/h3-14H,1-2H3. The van der Waals surface area contributed by atoms with E-state index in [0.29, 0.717) is 0 Å². The van der Waals surface area contributed by atoms with Crippen molar-refractivity contribution in [1.29, 1.82) is 0 Å². The predicted octanol–water partition coefficient (Wildman–Crippen LogP) is 6.38. The summed E-state index contributed by atoms with van der Waals surface area (Å²) in [5.41, 5.74) is 6.20. The summed E-state index contributed by atoms with van der Waals surface area (Å²) in [6.45, 7) is 4.32. The van der Waals surface area contributed by atoms with Crippen molar-refractivity contribution in [2.24, 2.45) is 0 Å². The van der Waals surface area contributed by atoms with Crippen LogP contribution in [-0.4, -0.2) is 0 Å². The van der Waals surface area contributed by atoms with E-state index in [9.17, 15) is 0 Å². The van der Waals surface area contributed by atoms with E-state index >= 15 is 0 Å². The van der Waals surface area contributed by atoms with E-state index in [-0.39, 0.29) is 0 Å². The molecule has 0 saturated carbocycles. The predicted molar refractivity (Wildman–Crippen MR) is 103 cm³/mol. The minimum Gasteiger partial charge on any atom is -0.309 e. The normalized spacial score (nSPS) is 10.5. The van der Waals surface area contributed by atoms with Crippen LogP contribution in [0.1, 0.15) is 11.1 Å². The Labute approximate surface area is 145 Å². The highest BCUT2D eigenvalue weighted by Gasteiger charge is 2.14. The molecule has 0 spiro atoms. The highest BCUT2D eigenvalue weighted by molar-refractivity contribution is 14.1. The summed E-state index contributed by atoms with van der Waals surface area (Å²) in [6, 6.07) is 25.6. The maximum Gasteiger partial charge on any atom is 0.0595 e. The average Bonchev–Trinajstić information content (AvgIpc) is 2.54. The number of hydrogen-bond acceptors (Lipinski definition) is 1. The van der Waals surface area contributed by atoms with E-state index in [2.05, 4.69) is 114 Å². The summed E-state index contributed by atoms with van der Waals surface area (Å²) in [5.74, 6) is 0. The zero-order valence-electron chi connectivity index (χ0n) is 12.8. The zero-order valence-corrected chi connectivity index (χ0v) is 14.9. The van der Waals surface area contributed by atoms with Gasteiger partial charge in [-0.1, -0.05) is 36.4 Å².